The van der Waals surface area contributed by atoms with Crippen LogP contribution >= 0.6 is 22.7 Å². The zero-order valence-corrected chi connectivity index (χ0v) is 87.5. The summed E-state index contributed by atoms with van der Waals surface area (Å²) < 4.78 is 90.1. The standard InChI is InChI=1S/C35H37NO6S2.C16H28O4.C16H28O3.C15H18O6.C15H24O5.C15H18O5/c1-18-15-19(2)31-26(16-18)17-29(43-31)33-36-30-27(41-34(39)24-9-5-22(6-10-24)20(3)37)13-14-28(32(30)44-33)42-35(40)25-11-7-23(8-12-25)21(4)38;1-3-16(17)20-13-7-5-4-6-12-19-15-10-8-14(18-2)9-11-15;1-3-16(17)19-13-7-5-4-6-8-14-9-11-15(18-2)12-10-14;1-3-14(16)19-10-4-5-11-20-15(17)21-13-8-6-12(18-2)7-9-13;2*1-3-14(16)19-10-4-5-11-20-15(17)12-6-8-13(18-2)9-7-12/h13-17,22-25H,5-12H2,1-4H3;3,14-15H,1,4-13H2,2H3;3,14-15H,1,4-13H2,2H3;3,6-9H,1,4-5,10-11H2,2H3;3,12-13H,1,4-11H2,2H3;3,6-9H,1,4-5,10-11H2,2H3. The van der Waals surface area contributed by atoms with E-state index in [0.717, 1.165) is 136 Å². The molecule has 0 N–H and O–H groups in total. The average Bonchev–Trinajstić information content (AvgIpc) is 1.61. The summed E-state index contributed by atoms with van der Waals surface area (Å²) in [5.74, 6) is 0.194. The SMILES string of the molecule is C=CC(=O)OCCCCCCC1CCC(OC)CC1.C=CC(=O)OCCCCCCOC1CCC(OC)CC1.C=CC(=O)OCCCCOC(=O)C1CCC(OC)CC1.C=CC(=O)OCCCCOC(=O)Oc1ccc(OC)cc1.C=CC(=O)OCCCCOC(=O)c1ccc(OC)cc1.CC(=O)C1CCC(C(=O)Oc2ccc(OC(=O)C3CCC(C(C)=O)CC3)c3sc(-c4cc5cc(C)cc(C)c5s4)nc23)CC1. The second-order valence-electron chi connectivity index (χ2n) is 36.1. The van der Waals surface area contributed by atoms with Crippen LogP contribution in [0, 0.1) is 49.4 Å². The highest BCUT2D eigenvalue weighted by molar-refractivity contribution is 7.28. The van der Waals surface area contributed by atoms with Gasteiger partial charge < -0.3 is 80.5 Å². The molecule has 0 bridgehead atoms. The number of esters is 9. The minimum absolute atomic E-state index is 0.0139. The number of hydrogen-bond acceptors (Lipinski definition) is 32. The number of thiophene rings is 1. The van der Waals surface area contributed by atoms with Crippen molar-refractivity contribution in [1.29, 1.82) is 0 Å². The quantitative estimate of drug-likeness (QED) is 0.00854. The van der Waals surface area contributed by atoms with Crippen molar-refractivity contribution in [2.45, 2.75) is 277 Å². The van der Waals surface area contributed by atoms with Crippen molar-refractivity contribution in [2.75, 3.05) is 95.0 Å². The lowest BCUT2D eigenvalue weighted by molar-refractivity contribution is -0.151. The molecule has 0 unspecified atom stereocenters. The Labute approximate surface area is 857 Å². The summed E-state index contributed by atoms with van der Waals surface area (Å²) >= 11 is 3.09. The molecule has 0 aliphatic heterocycles. The fourth-order valence-electron chi connectivity index (χ4n) is 17.0. The van der Waals surface area contributed by atoms with Crippen LogP contribution in [0.3, 0.4) is 0 Å². The number of fused-ring (bicyclic) bond motifs is 2. The first-order chi connectivity index (χ1) is 69.6. The Balaban J connectivity index is 0.000000276. The molecular formula is C112H153NO29S2. The lowest BCUT2D eigenvalue weighted by atomic mass is 9.80. The van der Waals surface area contributed by atoms with Crippen LogP contribution in [0.4, 0.5) is 4.79 Å². The van der Waals surface area contributed by atoms with Crippen LogP contribution < -0.4 is 23.7 Å². The number of ether oxygens (including phenoxy) is 17. The first-order valence-corrected chi connectivity index (χ1v) is 52.2. The molecule has 2 heterocycles. The van der Waals surface area contributed by atoms with Crippen LogP contribution in [-0.4, -0.2) is 196 Å². The molecule has 0 spiro atoms. The zero-order chi connectivity index (χ0) is 105. The van der Waals surface area contributed by atoms with Crippen LogP contribution in [0.2, 0.25) is 0 Å². The highest BCUT2D eigenvalue weighted by Crippen LogP contribution is 2.46. The summed E-state index contributed by atoms with van der Waals surface area (Å²) in [7, 11) is 8.44. The Morgan fingerprint density at radius 3 is 1.15 bits per heavy atom. The topological polar surface area (TPSA) is 375 Å². The van der Waals surface area contributed by atoms with Gasteiger partial charge in [-0.05, 0) is 304 Å². The third-order valence-electron chi connectivity index (χ3n) is 25.6. The summed E-state index contributed by atoms with van der Waals surface area (Å²) in [5, 5.41) is 1.92. The van der Waals surface area contributed by atoms with Crippen molar-refractivity contribution in [1.82, 2.24) is 4.98 Å². The molecule has 4 aromatic carbocycles. The maximum absolute atomic E-state index is 13.3. The number of benzene rings is 4. The van der Waals surface area contributed by atoms with E-state index in [0.29, 0.717) is 192 Å². The fraction of sp³-hybridized carbons (Fsp3) is 0.562. The summed E-state index contributed by atoms with van der Waals surface area (Å²) in [4.78, 5) is 145. The predicted octanol–water partition coefficient (Wildman–Crippen LogP) is 22.8. The summed E-state index contributed by atoms with van der Waals surface area (Å²) in [6.07, 6.45) is 39.1. The Morgan fingerprint density at radius 2 is 0.708 bits per heavy atom. The first kappa shape index (κ1) is 121. The van der Waals surface area contributed by atoms with Crippen LogP contribution in [0.25, 0.3) is 30.2 Å². The van der Waals surface area contributed by atoms with Gasteiger partial charge in [0.2, 0.25) is 0 Å². The molecule has 30 nitrogen and oxygen atoms in total. The number of nitrogens with zero attached hydrogens (tertiary/aromatic N) is 1. The van der Waals surface area contributed by atoms with Crippen molar-refractivity contribution in [3.8, 4) is 38.6 Å². The molecule has 5 saturated carbocycles. The van der Waals surface area contributed by atoms with Gasteiger partial charge in [-0.1, -0.05) is 82.7 Å². The van der Waals surface area contributed by atoms with Gasteiger partial charge in [0.25, 0.3) is 0 Å². The molecule has 32 heteroatoms. The molecule has 5 aliphatic rings. The van der Waals surface area contributed by atoms with Gasteiger partial charge >= 0.3 is 59.9 Å². The number of thiazole rings is 1. The normalized spacial score (nSPS) is 18.7. The third kappa shape index (κ3) is 47.3. The second-order valence-corrected chi connectivity index (χ2v) is 38.2. The van der Waals surface area contributed by atoms with Crippen molar-refractivity contribution >= 4 is 114 Å². The molecular weight excluding hydrogens is 1890 g/mol. The lowest BCUT2D eigenvalue weighted by Gasteiger charge is -2.27. The Hall–Kier alpha value is -11.3. The number of unbranched alkanes of at least 4 members (excludes halogenated alkanes) is 9. The number of rotatable bonds is 50. The maximum atomic E-state index is 13.3. The monoisotopic (exact) mass is 2040 g/mol. The minimum Gasteiger partial charge on any atom is -0.497 e. The number of aryl methyl sites for hydroxylation is 2. The van der Waals surface area contributed by atoms with Gasteiger partial charge in [0, 0.05) is 74.9 Å². The van der Waals surface area contributed by atoms with Gasteiger partial charge in [0.15, 0.2) is 11.5 Å². The molecule has 0 radical (unpaired) electrons. The number of aromatic nitrogens is 1. The van der Waals surface area contributed by atoms with E-state index in [4.69, 9.17) is 85.5 Å². The van der Waals surface area contributed by atoms with Crippen molar-refractivity contribution in [3.05, 3.63) is 159 Å². The molecule has 0 saturated heterocycles. The molecule has 5 fully saturated rings. The molecule has 0 amide bonds. The number of hydrogen-bond donors (Lipinski definition) is 0. The molecule has 144 heavy (non-hydrogen) atoms. The highest BCUT2D eigenvalue weighted by atomic mass is 32.1. The summed E-state index contributed by atoms with van der Waals surface area (Å²) in [6, 6.07) is 23.1. The minimum atomic E-state index is -0.775. The molecule has 792 valence electrons. The van der Waals surface area contributed by atoms with Gasteiger partial charge in [-0.15, -0.1) is 22.7 Å². The average molecular weight is 2040 g/mol. The highest BCUT2D eigenvalue weighted by Gasteiger charge is 2.34. The Bertz CT molecular complexity index is 4850. The maximum Gasteiger partial charge on any atom is 0.513 e. The number of carbonyl (C=O) groups is 12. The van der Waals surface area contributed by atoms with E-state index in [1.54, 1.807) is 114 Å². The first-order valence-electron chi connectivity index (χ1n) is 50.6. The predicted molar refractivity (Wildman–Crippen MR) is 552 cm³/mol. The Morgan fingerprint density at radius 1 is 0.347 bits per heavy atom. The van der Waals surface area contributed by atoms with Crippen LogP contribution in [-0.2, 0) is 105 Å². The molecule has 0 atom stereocenters. The molecule has 11 rings (SSSR count). The van der Waals surface area contributed by atoms with Crippen LogP contribution in [0.5, 0.6) is 28.7 Å². The van der Waals surface area contributed by atoms with Crippen molar-refractivity contribution in [3.63, 3.8) is 0 Å². The van der Waals surface area contributed by atoms with Crippen LogP contribution in [0.1, 0.15) is 260 Å². The van der Waals surface area contributed by atoms with Gasteiger partial charge in [0.05, 0.1) is 120 Å². The lowest BCUT2D eigenvalue weighted by Crippen LogP contribution is -2.28. The third-order valence-corrected chi connectivity index (χ3v) is 28.1. The van der Waals surface area contributed by atoms with Gasteiger partial charge in [0.1, 0.15) is 44.0 Å². The smallest absolute Gasteiger partial charge is 0.497 e. The molecule has 2 aromatic heterocycles. The fourth-order valence-corrected chi connectivity index (χ4v) is 19.2. The van der Waals surface area contributed by atoms with Gasteiger partial charge in [-0.2, -0.15) is 0 Å². The van der Waals surface area contributed by atoms with Gasteiger partial charge in [-0.25, -0.2) is 38.5 Å². The van der Waals surface area contributed by atoms with E-state index in [2.05, 4.69) is 64.9 Å². The Kier molecular flexibility index (Phi) is 59.4. The summed E-state index contributed by atoms with van der Waals surface area (Å²) in [6.45, 7) is 27.7. The molecule has 6 aromatic rings. The number of methoxy groups -OCH3 is 5. The van der Waals surface area contributed by atoms with Crippen LogP contribution in [0.15, 0.2) is 142 Å². The van der Waals surface area contributed by atoms with Gasteiger partial charge in [-0.3, -0.25) is 24.0 Å². The second kappa shape index (κ2) is 70.5. The van der Waals surface area contributed by atoms with E-state index < -0.39 is 24.1 Å². The number of ketones is 2. The summed E-state index contributed by atoms with van der Waals surface area (Å²) in [5.41, 5.74) is 3.37. The van der Waals surface area contributed by atoms with Crippen molar-refractivity contribution < 1.29 is 138 Å². The zero-order valence-electron chi connectivity index (χ0n) is 85.9. The molecule has 5 aliphatic carbocycles. The van der Waals surface area contributed by atoms with Crippen molar-refractivity contribution in [2.24, 2.45) is 35.5 Å². The van der Waals surface area contributed by atoms with E-state index in [1.807, 2.05) is 7.11 Å². The largest absolute Gasteiger partial charge is 0.513 e. The van der Waals surface area contributed by atoms with E-state index >= 15 is 0 Å². The number of carbonyl (C=O) groups excluding carboxylic acids is 12. The van der Waals surface area contributed by atoms with E-state index in [-0.39, 0.29) is 96.8 Å². The number of Topliss-reactive ketones (excluding diaryl/α,β-unsaturated/α-hetero) is 2. The van der Waals surface area contributed by atoms with E-state index in [1.165, 1.54) is 84.3 Å². The van der Waals surface area contributed by atoms with E-state index in [9.17, 15) is 57.5 Å².